The monoisotopic (exact) mass is 278 g/mol. The first-order valence-corrected chi connectivity index (χ1v) is 6.94. The third kappa shape index (κ3) is 2.20. The molecule has 0 aliphatic carbocycles. The Morgan fingerprint density at radius 1 is 1.40 bits per heavy atom. The molecular formula is C14H18N2O4. The van der Waals surface area contributed by atoms with E-state index in [9.17, 15) is 9.59 Å². The minimum atomic E-state index is -0.463. The van der Waals surface area contributed by atoms with Crippen LogP contribution in [0.4, 0.5) is 0 Å². The van der Waals surface area contributed by atoms with Crippen molar-refractivity contribution in [2.75, 3.05) is 26.2 Å². The number of hydrogen-bond donors (Lipinski definition) is 1. The van der Waals surface area contributed by atoms with Crippen LogP contribution in [0.15, 0.2) is 22.8 Å². The molecule has 3 rings (SSSR count). The van der Waals surface area contributed by atoms with Crippen molar-refractivity contribution in [3.05, 3.63) is 24.2 Å². The molecule has 0 radical (unpaired) electrons. The third-order valence-corrected chi connectivity index (χ3v) is 4.26. The van der Waals surface area contributed by atoms with Crippen LogP contribution in [0.5, 0.6) is 0 Å². The first kappa shape index (κ1) is 13.2. The first-order chi connectivity index (χ1) is 9.70. The van der Waals surface area contributed by atoms with Crippen LogP contribution in [0.2, 0.25) is 0 Å². The van der Waals surface area contributed by atoms with E-state index in [1.54, 1.807) is 21.9 Å². The fourth-order valence-corrected chi connectivity index (χ4v) is 3.30. The SMILES string of the molecule is O=C(c1ccco1)N1C[C@H]2CCCN(C(=O)CO)[C@H]2C1. The highest BCUT2D eigenvalue weighted by Crippen LogP contribution is 2.31. The van der Waals surface area contributed by atoms with Gasteiger partial charge in [-0.05, 0) is 30.9 Å². The van der Waals surface area contributed by atoms with Crippen molar-refractivity contribution in [2.45, 2.75) is 18.9 Å². The van der Waals surface area contributed by atoms with Crippen molar-refractivity contribution >= 4 is 11.8 Å². The molecule has 108 valence electrons. The van der Waals surface area contributed by atoms with E-state index in [0.29, 0.717) is 31.3 Å². The average molecular weight is 278 g/mol. The highest BCUT2D eigenvalue weighted by atomic mass is 16.3. The van der Waals surface area contributed by atoms with E-state index in [4.69, 9.17) is 9.52 Å². The summed E-state index contributed by atoms with van der Waals surface area (Å²) in [6.45, 7) is 1.38. The van der Waals surface area contributed by atoms with E-state index in [2.05, 4.69) is 0 Å². The van der Waals surface area contributed by atoms with E-state index >= 15 is 0 Å². The summed E-state index contributed by atoms with van der Waals surface area (Å²) in [5, 5.41) is 9.05. The maximum absolute atomic E-state index is 12.3. The molecule has 6 nitrogen and oxygen atoms in total. The summed E-state index contributed by atoms with van der Waals surface area (Å²) in [6, 6.07) is 3.38. The number of carbonyl (C=O) groups excluding carboxylic acids is 2. The van der Waals surface area contributed by atoms with Crippen LogP contribution in [-0.2, 0) is 4.79 Å². The standard InChI is InChI=1S/C14H18N2O4/c17-9-13(18)16-5-1-3-10-7-15(8-11(10)16)14(19)12-4-2-6-20-12/h2,4,6,10-11,17H,1,3,5,7-9H2/t10-,11+/m1/s1. The van der Waals surface area contributed by atoms with Crippen LogP contribution in [0, 0.1) is 5.92 Å². The maximum Gasteiger partial charge on any atom is 0.289 e. The van der Waals surface area contributed by atoms with Gasteiger partial charge in [0.25, 0.3) is 5.91 Å². The Kier molecular flexibility index (Phi) is 3.48. The maximum atomic E-state index is 12.3. The van der Waals surface area contributed by atoms with Crippen molar-refractivity contribution in [3.63, 3.8) is 0 Å². The number of carbonyl (C=O) groups is 2. The molecule has 2 aliphatic heterocycles. The summed E-state index contributed by atoms with van der Waals surface area (Å²) < 4.78 is 5.14. The van der Waals surface area contributed by atoms with E-state index in [1.165, 1.54) is 6.26 Å². The number of fused-ring (bicyclic) bond motifs is 1. The van der Waals surface area contributed by atoms with Gasteiger partial charge in [-0.3, -0.25) is 9.59 Å². The molecule has 1 aromatic rings. The lowest BCUT2D eigenvalue weighted by molar-refractivity contribution is -0.138. The number of aliphatic hydroxyl groups excluding tert-OH is 1. The van der Waals surface area contributed by atoms with Crippen molar-refractivity contribution in [1.82, 2.24) is 9.80 Å². The Morgan fingerprint density at radius 3 is 2.95 bits per heavy atom. The van der Waals surface area contributed by atoms with E-state index in [0.717, 1.165) is 12.8 Å². The molecule has 1 aromatic heterocycles. The minimum Gasteiger partial charge on any atom is -0.459 e. The minimum absolute atomic E-state index is 0.0299. The van der Waals surface area contributed by atoms with Gasteiger partial charge in [-0.1, -0.05) is 0 Å². The van der Waals surface area contributed by atoms with E-state index in [1.807, 2.05) is 0 Å². The quantitative estimate of drug-likeness (QED) is 0.846. The zero-order chi connectivity index (χ0) is 14.1. The number of aliphatic hydroxyl groups is 1. The summed E-state index contributed by atoms with van der Waals surface area (Å²) in [5.74, 6) is 0.273. The molecule has 20 heavy (non-hydrogen) atoms. The van der Waals surface area contributed by atoms with Gasteiger partial charge in [0.15, 0.2) is 5.76 Å². The molecule has 2 fully saturated rings. The highest BCUT2D eigenvalue weighted by molar-refractivity contribution is 5.91. The molecule has 3 heterocycles. The van der Waals surface area contributed by atoms with Gasteiger partial charge in [0, 0.05) is 19.6 Å². The van der Waals surface area contributed by atoms with Crippen LogP contribution in [0.3, 0.4) is 0 Å². The fraction of sp³-hybridized carbons (Fsp3) is 0.571. The summed E-state index contributed by atoms with van der Waals surface area (Å²) in [5.41, 5.74) is 0. The number of piperidine rings is 1. The summed E-state index contributed by atoms with van der Waals surface area (Å²) in [7, 11) is 0. The summed E-state index contributed by atoms with van der Waals surface area (Å²) in [6.07, 6.45) is 3.43. The molecule has 0 spiro atoms. The number of amides is 2. The smallest absolute Gasteiger partial charge is 0.289 e. The Bertz CT molecular complexity index is 499. The molecule has 0 saturated carbocycles. The molecule has 0 unspecified atom stereocenters. The molecule has 2 saturated heterocycles. The van der Waals surface area contributed by atoms with Gasteiger partial charge in [0.2, 0.25) is 5.91 Å². The van der Waals surface area contributed by atoms with Crippen LogP contribution in [-0.4, -0.2) is 59.0 Å². The number of nitrogens with zero attached hydrogens (tertiary/aromatic N) is 2. The normalized spacial score (nSPS) is 25.6. The van der Waals surface area contributed by atoms with Crippen molar-refractivity contribution in [1.29, 1.82) is 0 Å². The second-order valence-electron chi connectivity index (χ2n) is 5.40. The van der Waals surface area contributed by atoms with Crippen LogP contribution in [0.1, 0.15) is 23.4 Å². The van der Waals surface area contributed by atoms with Gasteiger partial charge in [-0.2, -0.15) is 0 Å². The van der Waals surface area contributed by atoms with Gasteiger partial charge < -0.3 is 19.3 Å². The van der Waals surface area contributed by atoms with Crippen molar-refractivity contribution in [3.8, 4) is 0 Å². The lowest BCUT2D eigenvalue weighted by atomic mass is 9.92. The summed E-state index contributed by atoms with van der Waals surface area (Å²) >= 11 is 0. The molecule has 2 aliphatic rings. The van der Waals surface area contributed by atoms with Crippen molar-refractivity contribution in [2.24, 2.45) is 5.92 Å². The molecule has 2 atom stereocenters. The predicted molar refractivity (Wildman–Crippen MR) is 69.9 cm³/mol. The number of rotatable bonds is 2. The lowest BCUT2D eigenvalue weighted by Crippen LogP contribution is -2.49. The first-order valence-electron chi connectivity index (χ1n) is 6.94. The number of furan rings is 1. The molecule has 1 N–H and O–H groups in total. The number of hydrogen-bond acceptors (Lipinski definition) is 4. The number of likely N-dealkylation sites (tertiary alicyclic amines) is 2. The average Bonchev–Trinajstić information content (AvgIpc) is 3.13. The van der Waals surface area contributed by atoms with Gasteiger partial charge in [-0.25, -0.2) is 0 Å². The van der Waals surface area contributed by atoms with Gasteiger partial charge in [-0.15, -0.1) is 0 Å². The molecule has 0 bridgehead atoms. The Morgan fingerprint density at radius 2 is 2.25 bits per heavy atom. The second kappa shape index (κ2) is 5.28. The van der Waals surface area contributed by atoms with E-state index in [-0.39, 0.29) is 17.9 Å². The van der Waals surface area contributed by atoms with Crippen LogP contribution in [0.25, 0.3) is 0 Å². The zero-order valence-electron chi connectivity index (χ0n) is 11.2. The zero-order valence-corrected chi connectivity index (χ0v) is 11.2. The van der Waals surface area contributed by atoms with Crippen molar-refractivity contribution < 1.29 is 19.1 Å². The van der Waals surface area contributed by atoms with Crippen LogP contribution >= 0.6 is 0 Å². The highest BCUT2D eigenvalue weighted by Gasteiger charge is 2.42. The third-order valence-electron chi connectivity index (χ3n) is 4.26. The van der Waals surface area contributed by atoms with E-state index < -0.39 is 6.61 Å². The summed E-state index contributed by atoms with van der Waals surface area (Å²) in [4.78, 5) is 27.5. The Labute approximate surface area is 117 Å². The Hall–Kier alpha value is -1.82. The molecule has 2 amide bonds. The Balaban J connectivity index is 1.74. The molecule has 6 heteroatoms. The topological polar surface area (TPSA) is 74.0 Å². The van der Waals surface area contributed by atoms with Gasteiger partial charge >= 0.3 is 0 Å². The predicted octanol–water partition coefficient (Wildman–Crippen LogP) is 0.335. The van der Waals surface area contributed by atoms with Gasteiger partial charge in [0.1, 0.15) is 6.61 Å². The fourth-order valence-electron chi connectivity index (χ4n) is 3.30. The second-order valence-corrected chi connectivity index (χ2v) is 5.40. The molecule has 0 aromatic carbocycles. The lowest BCUT2D eigenvalue weighted by Gasteiger charge is -2.36. The van der Waals surface area contributed by atoms with Crippen LogP contribution < -0.4 is 0 Å². The molecular weight excluding hydrogens is 260 g/mol. The largest absolute Gasteiger partial charge is 0.459 e. The van der Waals surface area contributed by atoms with Gasteiger partial charge in [0.05, 0.1) is 12.3 Å².